The summed E-state index contributed by atoms with van der Waals surface area (Å²) in [5.41, 5.74) is 3.64. The molecule has 0 aromatic heterocycles. The van der Waals surface area contributed by atoms with Crippen molar-refractivity contribution in [2.24, 2.45) is 17.8 Å². The van der Waals surface area contributed by atoms with E-state index in [1.54, 1.807) is 6.07 Å². The van der Waals surface area contributed by atoms with Gasteiger partial charge in [-0.15, -0.1) is 0 Å². The van der Waals surface area contributed by atoms with E-state index in [-0.39, 0.29) is 37.2 Å². The number of alkyl carbamates (subject to hydrolysis) is 1. The van der Waals surface area contributed by atoms with Crippen molar-refractivity contribution in [3.05, 3.63) is 65.2 Å². The lowest BCUT2D eigenvalue weighted by atomic mass is 9.97. The molecule has 0 aliphatic heterocycles. The van der Waals surface area contributed by atoms with Crippen LogP contribution in [0.15, 0.2) is 48.5 Å². The standard InChI is InChI=1S/C36H50N4O6/c1-22(2)18-29(32(41)35(44)37-28-17-11-15-26-14-10-16-27(26)28)38-33(42)30(19-23(3)4)39-34(43)31(20-24(5)6)40-36(45)46-21-25-12-8-7-9-13-25/h7-9,11-13,15,17,22-24,29-31H,10,14,16,18-21H2,1-6H3,(H,37,44)(H,38,42)(H,39,43)(H,40,45)/t29-,30-,31-/m0/s1. The summed E-state index contributed by atoms with van der Waals surface area (Å²) in [6.45, 7) is 11.5. The minimum Gasteiger partial charge on any atom is -0.445 e. The third-order valence-corrected chi connectivity index (χ3v) is 7.83. The molecule has 3 rings (SSSR count). The maximum Gasteiger partial charge on any atom is 0.408 e. The minimum atomic E-state index is -1.08. The lowest BCUT2D eigenvalue weighted by Crippen LogP contribution is -2.57. The Kier molecular flexibility index (Phi) is 13.8. The number of hydrogen-bond donors (Lipinski definition) is 4. The van der Waals surface area contributed by atoms with Gasteiger partial charge in [-0.3, -0.25) is 19.2 Å². The van der Waals surface area contributed by atoms with Crippen LogP contribution < -0.4 is 21.3 Å². The highest BCUT2D eigenvalue weighted by atomic mass is 16.5. The SMILES string of the molecule is CC(C)C[C@H](NC(=O)OCc1ccccc1)C(=O)N[C@@H](CC(C)C)C(=O)N[C@@H](CC(C)C)C(=O)C(=O)Nc1cccc2c1CCC2. The Labute approximate surface area is 272 Å². The Bertz CT molecular complexity index is 1360. The van der Waals surface area contributed by atoms with E-state index in [2.05, 4.69) is 21.3 Å². The lowest BCUT2D eigenvalue weighted by Gasteiger charge is -2.27. The van der Waals surface area contributed by atoms with Crippen LogP contribution in [0.3, 0.4) is 0 Å². The topological polar surface area (TPSA) is 143 Å². The number of Topliss-reactive ketones (excluding diaryl/α,β-unsaturated/α-hetero) is 1. The summed E-state index contributed by atoms with van der Waals surface area (Å²) < 4.78 is 5.33. The smallest absolute Gasteiger partial charge is 0.408 e. The summed E-state index contributed by atoms with van der Waals surface area (Å²) in [6.07, 6.45) is 2.87. The predicted octanol–water partition coefficient (Wildman–Crippen LogP) is 5.09. The molecule has 0 unspecified atom stereocenters. The number of carbonyl (C=O) groups is 5. The predicted molar refractivity (Wildman–Crippen MR) is 178 cm³/mol. The first-order valence-corrected chi connectivity index (χ1v) is 16.4. The van der Waals surface area contributed by atoms with Crippen molar-refractivity contribution in [1.29, 1.82) is 0 Å². The Hall–Kier alpha value is -4.21. The molecule has 0 radical (unpaired) electrons. The molecular formula is C36H50N4O6. The zero-order chi connectivity index (χ0) is 33.8. The molecule has 0 saturated carbocycles. The van der Waals surface area contributed by atoms with Crippen LogP contribution in [0.1, 0.15) is 83.9 Å². The van der Waals surface area contributed by atoms with Gasteiger partial charge in [-0.2, -0.15) is 0 Å². The minimum absolute atomic E-state index is 0.00248. The van der Waals surface area contributed by atoms with E-state index in [1.807, 2.05) is 84.0 Å². The van der Waals surface area contributed by atoms with Gasteiger partial charge in [-0.1, -0.05) is 84.0 Å². The maximum atomic E-state index is 13.6. The van der Waals surface area contributed by atoms with Gasteiger partial charge in [0.2, 0.25) is 17.6 Å². The summed E-state index contributed by atoms with van der Waals surface area (Å²) in [7, 11) is 0. The fourth-order valence-electron chi connectivity index (χ4n) is 5.64. The van der Waals surface area contributed by atoms with E-state index in [0.717, 1.165) is 30.4 Å². The Morgan fingerprint density at radius 1 is 0.674 bits per heavy atom. The van der Waals surface area contributed by atoms with Gasteiger partial charge < -0.3 is 26.0 Å². The summed E-state index contributed by atoms with van der Waals surface area (Å²) >= 11 is 0. The number of benzene rings is 2. The lowest BCUT2D eigenvalue weighted by molar-refractivity contribution is -0.138. The first kappa shape index (κ1) is 36.3. The Morgan fingerprint density at radius 3 is 1.85 bits per heavy atom. The van der Waals surface area contributed by atoms with E-state index in [1.165, 1.54) is 5.56 Å². The van der Waals surface area contributed by atoms with Gasteiger partial charge in [0.05, 0.1) is 6.04 Å². The molecule has 250 valence electrons. The number of rotatable bonds is 16. The molecule has 10 nitrogen and oxygen atoms in total. The van der Waals surface area contributed by atoms with Crippen molar-refractivity contribution in [3.8, 4) is 0 Å². The van der Waals surface area contributed by atoms with Gasteiger partial charge in [0.25, 0.3) is 5.91 Å². The normalized spacial score (nSPS) is 14.3. The fraction of sp³-hybridized carbons (Fsp3) is 0.528. The largest absolute Gasteiger partial charge is 0.445 e. The Morgan fingerprint density at radius 2 is 1.24 bits per heavy atom. The highest BCUT2D eigenvalue weighted by Crippen LogP contribution is 2.28. The molecule has 2 aromatic carbocycles. The van der Waals surface area contributed by atoms with Gasteiger partial charge in [0.1, 0.15) is 18.7 Å². The van der Waals surface area contributed by atoms with Gasteiger partial charge in [0, 0.05) is 5.69 Å². The second kappa shape index (κ2) is 17.5. The van der Waals surface area contributed by atoms with Crippen molar-refractivity contribution in [3.63, 3.8) is 0 Å². The van der Waals surface area contributed by atoms with Crippen LogP contribution in [-0.2, 0) is 43.4 Å². The molecule has 1 aliphatic rings. The van der Waals surface area contributed by atoms with Gasteiger partial charge in [0.15, 0.2) is 0 Å². The van der Waals surface area contributed by atoms with E-state index in [4.69, 9.17) is 4.74 Å². The molecule has 4 N–H and O–H groups in total. The van der Waals surface area contributed by atoms with E-state index < -0.39 is 47.7 Å². The van der Waals surface area contributed by atoms with E-state index >= 15 is 0 Å². The first-order valence-electron chi connectivity index (χ1n) is 16.4. The van der Waals surface area contributed by atoms with Gasteiger partial charge >= 0.3 is 6.09 Å². The molecule has 1 aliphatic carbocycles. The number of fused-ring (bicyclic) bond motifs is 1. The van der Waals surface area contributed by atoms with Crippen molar-refractivity contribution < 1.29 is 28.7 Å². The molecule has 0 bridgehead atoms. The van der Waals surface area contributed by atoms with Gasteiger partial charge in [-0.25, -0.2) is 4.79 Å². The monoisotopic (exact) mass is 634 g/mol. The van der Waals surface area contributed by atoms with Crippen LogP contribution in [0, 0.1) is 17.8 Å². The van der Waals surface area contributed by atoms with Crippen molar-refractivity contribution in [2.75, 3.05) is 5.32 Å². The number of ketones is 1. The summed E-state index contributed by atoms with van der Waals surface area (Å²) in [5, 5.41) is 11.0. The average molecular weight is 635 g/mol. The fourth-order valence-corrected chi connectivity index (χ4v) is 5.64. The number of amides is 4. The van der Waals surface area contributed by atoms with Gasteiger partial charge in [-0.05, 0) is 79.0 Å². The quantitative estimate of drug-likeness (QED) is 0.190. The van der Waals surface area contributed by atoms with Crippen LogP contribution in [-0.4, -0.2) is 47.7 Å². The van der Waals surface area contributed by atoms with Crippen molar-refractivity contribution in [2.45, 2.75) is 105 Å². The summed E-state index contributed by atoms with van der Waals surface area (Å²) in [6, 6.07) is 11.9. The molecule has 4 amide bonds. The zero-order valence-corrected chi connectivity index (χ0v) is 28.0. The molecule has 0 fully saturated rings. The number of anilines is 1. The average Bonchev–Trinajstić information content (AvgIpc) is 3.48. The van der Waals surface area contributed by atoms with E-state index in [9.17, 15) is 24.0 Å². The molecule has 3 atom stereocenters. The highest BCUT2D eigenvalue weighted by molar-refractivity contribution is 6.42. The number of ether oxygens (including phenoxy) is 1. The van der Waals surface area contributed by atoms with Crippen LogP contribution in [0.2, 0.25) is 0 Å². The number of carbonyl (C=O) groups excluding carboxylic acids is 5. The summed E-state index contributed by atoms with van der Waals surface area (Å²) in [4.78, 5) is 66.3. The van der Waals surface area contributed by atoms with Crippen LogP contribution in [0.25, 0.3) is 0 Å². The zero-order valence-electron chi connectivity index (χ0n) is 28.0. The molecule has 10 heteroatoms. The molecule has 46 heavy (non-hydrogen) atoms. The third-order valence-electron chi connectivity index (χ3n) is 7.83. The number of aryl methyl sites for hydroxylation is 1. The van der Waals surface area contributed by atoms with E-state index in [0.29, 0.717) is 12.1 Å². The third kappa shape index (κ3) is 11.3. The second-order valence-corrected chi connectivity index (χ2v) is 13.4. The molecular weight excluding hydrogens is 584 g/mol. The van der Waals surface area contributed by atoms with Crippen LogP contribution >= 0.6 is 0 Å². The van der Waals surface area contributed by atoms with Crippen molar-refractivity contribution >= 4 is 35.3 Å². The molecule has 0 heterocycles. The van der Waals surface area contributed by atoms with Crippen LogP contribution in [0.4, 0.5) is 10.5 Å². The van der Waals surface area contributed by atoms with Crippen molar-refractivity contribution in [1.82, 2.24) is 16.0 Å². The number of hydrogen-bond acceptors (Lipinski definition) is 6. The molecule has 0 spiro atoms. The first-order chi connectivity index (χ1) is 21.8. The summed E-state index contributed by atoms with van der Waals surface area (Å²) in [5.74, 6) is -2.55. The Balaban J connectivity index is 1.70. The number of nitrogens with one attached hydrogen (secondary N) is 4. The highest BCUT2D eigenvalue weighted by Gasteiger charge is 2.33. The molecule has 2 aromatic rings. The maximum absolute atomic E-state index is 13.6. The van der Waals surface area contributed by atoms with Crippen LogP contribution in [0.5, 0.6) is 0 Å². The second-order valence-electron chi connectivity index (χ2n) is 13.4. The molecule has 0 saturated heterocycles.